The van der Waals surface area contributed by atoms with Crippen molar-refractivity contribution in [1.29, 1.82) is 5.26 Å². The molecule has 4 atom stereocenters. The molecular weight excluding hydrogens is 374 g/mol. The van der Waals surface area contributed by atoms with E-state index in [4.69, 9.17) is 4.74 Å². The Morgan fingerprint density at radius 3 is 2.71 bits per heavy atom. The number of ether oxygens (including phenoxy) is 1. The van der Waals surface area contributed by atoms with E-state index in [1.807, 2.05) is 24.3 Å². The lowest BCUT2D eigenvalue weighted by molar-refractivity contribution is -0.181. The highest BCUT2D eigenvalue weighted by Gasteiger charge is 2.37. The molecule has 0 saturated carbocycles. The minimum absolute atomic E-state index is 0.242. The summed E-state index contributed by atoms with van der Waals surface area (Å²) in [5, 5.41) is 40.1. The molecule has 2 aromatic carbocycles. The van der Waals surface area contributed by atoms with Crippen molar-refractivity contribution in [2.75, 3.05) is 6.61 Å². The third-order valence-electron chi connectivity index (χ3n) is 5.21. The predicted molar refractivity (Wildman–Crippen MR) is 107 cm³/mol. The SMILES string of the molecule is N#Cc1ccc(C2CC(O)[C@H](O)C(CO)O2)cc1Cc1cc2ccccc2s1. The summed E-state index contributed by atoms with van der Waals surface area (Å²) >= 11 is 1.71. The van der Waals surface area contributed by atoms with Gasteiger partial charge in [-0.15, -0.1) is 11.3 Å². The molecule has 2 heterocycles. The van der Waals surface area contributed by atoms with Crippen LogP contribution in [0.25, 0.3) is 10.1 Å². The Bertz CT molecular complexity index is 992. The first kappa shape index (κ1) is 19.1. The van der Waals surface area contributed by atoms with Crippen LogP contribution in [0.1, 0.15) is 34.1 Å². The van der Waals surface area contributed by atoms with Crippen molar-refractivity contribution in [3.05, 3.63) is 70.1 Å². The van der Waals surface area contributed by atoms with Gasteiger partial charge >= 0.3 is 0 Å². The Morgan fingerprint density at radius 1 is 1.14 bits per heavy atom. The Hall–Kier alpha value is -2.27. The maximum Gasteiger partial charge on any atom is 0.110 e. The molecule has 6 heteroatoms. The second-order valence-electron chi connectivity index (χ2n) is 7.10. The fourth-order valence-corrected chi connectivity index (χ4v) is 4.79. The van der Waals surface area contributed by atoms with E-state index in [1.165, 1.54) is 15.0 Å². The van der Waals surface area contributed by atoms with Gasteiger partial charge in [0.2, 0.25) is 0 Å². The first-order valence-electron chi connectivity index (χ1n) is 9.22. The van der Waals surface area contributed by atoms with Gasteiger partial charge in [0.05, 0.1) is 30.4 Å². The summed E-state index contributed by atoms with van der Waals surface area (Å²) in [6, 6.07) is 18.1. The van der Waals surface area contributed by atoms with E-state index in [2.05, 4.69) is 24.3 Å². The summed E-state index contributed by atoms with van der Waals surface area (Å²) in [6.07, 6.45) is -2.45. The van der Waals surface area contributed by atoms with Gasteiger partial charge < -0.3 is 20.1 Å². The molecular formula is C22H21NO4S. The first-order chi connectivity index (χ1) is 13.6. The zero-order valence-electron chi connectivity index (χ0n) is 15.2. The zero-order chi connectivity index (χ0) is 19.7. The lowest BCUT2D eigenvalue weighted by Gasteiger charge is -2.36. The second kappa shape index (κ2) is 8.00. The monoisotopic (exact) mass is 395 g/mol. The fraction of sp³-hybridized carbons (Fsp3) is 0.318. The molecule has 3 unspecified atom stereocenters. The van der Waals surface area contributed by atoms with Crippen molar-refractivity contribution in [3.63, 3.8) is 0 Å². The first-order valence-corrected chi connectivity index (χ1v) is 10.0. The van der Waals surface area contributed by atoms with Crippen molar-refractivity contribution < 1.29 is 20.1 Å². The Labute approximate surface area is 167 Å². The molecule has 4 rings (SSSR count). The van der Waals surface area contributed by atoms with Crippen LogP contribution < -0.4 is 0 Å². The van der Waals surface area contributed by atoms with Gasteiger partial charge in [-0.3, -0.25) is 0 Å². The van der Waals surface area contributed by atoms with Crippen molar-refractivity contribution >= 4 is 21.4 Å². The number of thiophene rings is 1. The van der Waals surface area contributed by atoms with Crippen LogP contribution >= 0.6 is 11.3 Å². The molecule has 1 fully saturated rings. The third kappa shape index (κ3) is 3.68. The summed E-state index contributed by atoms with van der Waals surface area (Å²) in [6.45, 7) is -0.361. The van der Waals surface area contributed by atoms with Gasteiger partial charge in [-0.25, -0.2) is 0 Å². The van der Waals surface area contributed by atoms with E-state index in [-0.39, 0.29) is 13.0 Å². The molecule has 1 aliphatic rings. The Balaban J connectivity index is 1.63. The normalized spacial score (nSPS) is 24.9. The van der Waals surface area contributed by atoms with E-state index in [0.29, 0.717) is 12.0 Å². The van der Waals surface area contributed by atoms with Gasteiger partial charge in [-0.2, -0.15) is 5.26 Å². The van der Waals surface area contributed by atoms with Gasteiger partial charge in [0, 0.05) is 22.4 Å². The van der Waals surface area contributed by atoms with Crippen LogP contribution in [-0.4, -0.2) is 40.2 Å². The van der Waals surface area contributed by atoms with Crippen LogP contribution in [0.15, 0.2) is 48.5 Å². The molecule has 5 nitrogen and oxygen atoms in total. The van der Waals surface area contributed by atoms with Crippen LogP contribution in [0, 0.1) is 11.3 Å². The number of aliphatic hydroxyl groups is 3. The maximum absolute atomic E-state index is 10.1. The molecule has 1 aliphatic heterocycles. The molecule has 0 bridgehead atoms. The van der Waals surface area contributed by atoms with Crippen LogP contribution in [0.5, 0.6) is 0 Å². The van der Waals surface area contributed by atoms with Crippen molar-refractivity contribution in [2.45, 2.75) is 37.3 Å². The van der Waals surface area contributed by atoms with Crippen LogP contribution in [-0.2, 0) is 11.2 Å². The minimum atomic E-state index is -1.10. The molecule has 0 spiro atoms. The van der Waals surface area contributed by atoms with E-state index in [9.17, 15) is 20.6 Å². The molecule has 28 heavy (non-hydrogen) atoms. The topological polar surface area (TPSA) is 93.7 Å². The molecule has 0 radical (unpaired) electrons. The second-order valence-corrected chi connectivity index (χ2v) is 8.26. The maximum atomic E-state index is 10.1. The van der Waals surface area contributed by atoms with Gasteiger partial charge in [0.15, 0.2) is 0 Å². The number of fused-ring (bicyclic) bond motifs is 1. The summed E-state index contributed by atoms with van der Waals surface area (Å²) in [7, 11) is 0. The Kier molecular flexibility index (Phi) is 5.44. The quantitative estimate of drug-likeness (QED) is 0.632. The number of hydrogen-bond donors (Lipinski definition) is 3. The molecule has 0 amide bonds. The van der Waals surface area contributed by atoms with Crippen LogP contribution in [0.4, 0.5) is 0 Å². The number of nitrogens with zero attached hydrogens (tertiary/aromatic N) is 1. The smallest absolute Gasteiger partial charge is 0.110 e. The molecule has 144 valence electrons. The van der Waals surface area contributed by atoms with Gasteiger partial charge in [-0.05, 0) is 34.7 Å². The Morgan fingerprint density at radius 2 is 1.96 bits per heavy atom. The van der Waals surface area contributed by atoms with E-state index >= 15 is 0 Å². The van der Waals surface area contributed by atoms with Gasteiger partial charge in [0.25, 0.3) is 0 Å². The van der Waals surface area contributed by atoms with Gasteiger partial charge in [0.1, 0.15) is 12.2 Å². The molecule has 1 saturated heterocycles. The average Bonchev–Trinajstić information content (AvgIpc) is 3.12. The molecule has 0 aliphatic carbocycles. The lowest BCUT2D eigenvalue weighted by atomic mass is 9.91. The highest BCUT2D eigenvalue weighted by Crippen LogP contribution is 2.34. The van der Waals surface area contributed by atoms with E-state index < -0.39 is 24.4 Å². The number of hydrogen-bond acceptors (Lipinski definition) is 6. The number of rotatable bonds is 4. The molecule has 3 aromatic rings. The lowest BCUT2D eigenvalue weighted by Crippen LogP contribution is -2.47. The number of benzene rings is 2. The van der Waals surface area contributed by atoms with Crippen LogP contribution in [0.3, 0.4) is 0 Å². The predicted octanol–water partition coefficient (Wildman–Crippen LogP) is 2.91. The van der Waals surface area contributed by atoms with Crippen molar-refractivity contribution in [1.82, 2.24) is 0 Å². The van der Waals surface area contributed by atoms with E-state index in [1.54, 1.807) is 17.4 Å². The average molecular weight is 395 g/mol. The van der Waals surface area contributed by atoms with E-state index in [0.717, 1.165) is 11.1 Å². The standard InChI is InChI=1S/C22H21NO4S/c23-11-15-6-5-13(19-10-18(25)22(26)20(12-24)27-19)7-16(15)9-17-8-14-3-1-2-4-21(14)28-17/h1-8,18-20,22,24-26H,9-10,12H2/t18?,19?,20?,22-/m0/s1. The minimum Gasteiger partial charge on any atom is -0.394 e. The van der Waals surface area contributed by atoms with Crippen molar-refractivity contribution in [3.8, 4) is 6.07 Å². The highest BCUT2D eigenvalue weighted by atomic mass is 32.1. The summed E-state index contributed by atoms with van der Waals surface area (Å²) < 4.78 is 7.00. The zero-order valence-corrected chi connectivity index (χ0v) is 16.0. The third-order valence-corrected chi connectivity index (χ3v) is 6.33. The summed E-state index contributed by atoms with van der Waals surface area (Å²) in [4.78, 5) is 1.17. The highest BCUT2D eigenvalue weighted by molar-refractivity contribution is 7.19. The largest absolute Gasteiger partial charge is 0.394 e. The fourth-order valence-electron chi connectivity index (χ4n) is 3.70. The van der Waals surface area contributed by atoms with Crippen molar-refractivity contribution in [2.24, 2.45) is 0 Å². The molecule has 1 aromatic heterocycles. The summed E-state index contributed by atoms with van der Waals surface area (Å²) in [5.74, 6) is 0. The molecule has 3 N–H and O–H groups in total. The number of nitriles is 1. The number of aliphatic hydroxyl groups excluding tert-OH is 3. The summed E-state index contributed by atoms with van der Waals surface area (Å²) in [5.41, 5.74) is 2.34. The van der Waals surface area contributed by atoms with Gasteiger partial charge in [-0.1, -0.05) is 30.3 Å². The van der Waals surface area contributed by atoms with Crippen LogP contribution in [0.2, 0.25) is 0 Å².